The third-order valence-electron chi connectivity index (χ3n) is 4.35. The Balaban J connectivity index is 1.99. The average Bonchev–Trinajstić information content (AvgIpc) is 2.52. The van der Waals surface area contributed by atoms with E-state index in [4.69, 9.17) is 11.6 Å². The van der Waals surface area contributed by atoms with E-state index in [1.165, 1.54) is 12.1 Å². The maximum atomic E-state index is 12.6. The van der Waals surface area contributed by atoms with E-state index in [0.717, 1.165) is 11.1 Å². The van der Waals surface area contributed by atoms with E-state index < -0.39 is 4.92 Å². The van der Waals surface area contributed by atoms with Gasteiger partial charge in [0, 0.05) is 23.2 Å². The minimum Gasteiger partial charge on any atom is -0.331 e. The van der Waals surface area contributed by atoms with Crippen LogP contribution >= 0.6 is 11.6 Å². The second-order valence-electron chi connectivity index (χ2n) is 6.17. The zero-order valence-corrected chi connectivity index (χ0v) is 14.1. The molecular weight excluding hydrogens is 328 g/mol. The van der Waals surface area contributed by atoms with Gasteiger partial charge < -0.3 is 4.90 Å². The first kappa shape index (κ1) is 16.5. The molecule has 0 unspecified atom stereocenters. The van der Waals surface area contributed by atoms with Gasteiger partial charge in [0.15, 0.2) is 0 Å². The highest BCUT2D eigenvalue weighted by Crippen LogP contribution is 2.48. The number of halogens is 1. The number of nitro benzene ring substituents is 1. The topological polar surface area (TPSA) is 63.5 Å². The number of rotatable bonds is 4. The fraction of sp³-hybridized carbons (Fsp3) is 0.278. The molecule has 0 radical (unpaired) electrons. The number of nitrogens with zero attached hydrogens (tertiary/aromatic N) is 2. The van der Waals surface area contributed by atoms with E-state index in [1.54, 1.807) is 24.3 Å². The Morgan fingerprint density at radius 2 is 1.79 bits per heavy atom. The Labute approximate surface area is 145 Å². The predicted octanol–water partition coefficient (Wildman–Crippen LogP) is 4.32. The standard InChI is InChI=1S/C18H17ClN2O3/c1-11(2)20-17(12-6-8-15(9-7-12)21(23)24)16(18(20)22)13-4-3-5-14(19)10-13/h3-11,16-17H,1-2H3/t16-,17-/m1/s1. The normalized spacial score (nSPS) is 20.2. The van der Waals surface area contributed by atoms with Crippen molar-refractivity contribution >= 4 is 23.2 Å². The molecule has 24 heavy (non-hydrogen) atoms. The van der Waals surface area contributed by atoms with Gasteiger partial charge in [-0.2, -0.15) is 0 Å². The number of benzene rings is 2. The van der Waals surface area contributed by atoms with Gasteiger partial charge >= 0.3 is 0 Å². The molecule has 2 aromatic rings. The van der Waals surface area contributed by atoms with Gasteiger partial charge in [-0.3, -0.25) is 14.9 Å². The summed E-state index contributed by atoms with van der Waals surface area (Å²) in [7, 11) is 0. The van der Waals surface area contributed by atoms with Crippen LogP contribution in [0.15, 0.2) is 48.5 Å². The van der Waals surface area contributed by atoms with Crippen LogP contribution in [0.25, 0.3) is 0 Å². The van der Waals surface area contributed by atoms with E-state index in [9.17, 15) is 14.9 Å². The maximum absolute atomic E-state index is 12.6. The monoisotopic (exact) mass is 344 g/mol. The lowest BCUT2D eigenvalue weighted by Gasteiger charge is -2.50. The number of amides is 1. The second-order valence-corrected chi connectivity index (χ2v) is 6.60. The minimum atomic E-state index is -0.426. The molecule has 0 aliphatic carbocycles. The van der Waals surface area contributed by atoms with Crippen molar-refractivity contribution in [2.45, 2.75) is 31.8 Å². The highest BCUT2D eigenvalue weighted by atomic mass is 35.5. The zero-order chi connectivity index (χ0) is 17.4. The van der Waals surface area contributed by atoms with Crippen molar-refractivity contribution in [1.82, 2.24) is 4.90 Å². The summed E-state index contributed by atoms with van der Waals surface area (Å²) in [6, 6.07) is 13.6. The molecule has 1 amide bonds. The molecule has 0 N–H and O–H groups in total. The Kier molecular flexibility index (Phi) is 4.28. The summed E-state index contributed by atoms with van der Waals surface area (Å²) in [6.45, 7) is 3.93. The van der Waals surface area contributed by atoms with Crippen LogP contribution in [0.5, 0.6) is 0 Å². The molecule has 0 aromatic heterocycles. The van der Waals surface area contributed by atoms with Crippen molar-refractivity contribution in [3.05, 3.63) is 74.8 Å². The molecule has 1 heterocycles. The lowest BCUT2D eigenvalue weighted by Crippen LogP contribution is -2.56. The molecule has 0 spiro atoms. The SMILES string of the molecule is CC(C)N1C(=O)[C@H](c2cccc(Cl)c2)[C@H]1c1ccc([N+](=O)[O-])cc1. The second kappa shape index (κ2) is 6.24. The molecule has 5 nitrogen and oxygen atoms in total. The predicted molar refractivity (Wildman–Crippen MR) is 92.0 cm³/mol. The molecule has 0 bridgehead atoms. The van der Waals surface area contributed by atoms with Crippen LogP contribution in [0.2, 0.25) is 5.02 Å². The summed E-state index contributed by atoms with van der Waals surface area (Å²) in [5.41, 5.74) is 1.80. The van der Waals surface area contributed by atoms with Crippen molar-refractivity contribution in [2.75, 3.05) is 0 Å². The first-order valence-corrected chi connectivity index (χ1v) is 8.10. The first-order valence-electron chi connectivity index (χ1n) is 7.72. The van der Waals surface area contributed by atoms with Gasteiger partial charge in [-0.15, -0.1) is 0 Å². The summed E-state index contributed by atoms with van der Waals surface area (Å²) < 4.78 is 0. The van der Waals surface area contributed by atoms with E-state index in [1.807, 2.05) is 30.9 Å². The zero-order valence-electron chi connectivity index (χ0n) is 13.3. The summed E-state index contributed by atoms with van der Waals surface area (Å²) in [6.07, 6.45) is 0. The molecule has 2 atom stereocenters. The van der Waals surface area contributed by atoms with E-state index >= 15 is 0 Å². The summed E-state index contributed by atoms with van der Waals surface area (Å²) in [5.74, 6) is -0.261. The third-order valence-corrected chi connectivity index (χ3v) is 4.58. The van der Waals surface area contributed by atoms with Crippen LogP contribution in [-0.4, -0.2) is 21.8 Å². The molecule has 2 aromatic carbocycles. The number of carbonyl (C=O) groups is 1. The number of β-lactam (4-membered cyclic amide) rings is 1. The summed E-state index contributed by atoms with van der Waals surface area (Å²) >= 11 is 6.07. The fourth-order valence-electron chi connectivity index (χ4n) is 3.26. The number of hydrogen-bond donors (Lipinski definition) is 0. The van der Waals surface area contributed by atoms with Crippen molar-refractivity contribution < 1.29 is 9.72 Å². The number of hydrogen-bond acceptors (Lipinski definition) is 3. The smallest absolute Gasteiger partial charge is 0.269 e. The molecule has 1 aliphatic rings. The van der Waals surface area contributed by atoms with Crippen molar-refractivity contribution in [2.24, 2.45) is 0 Å². The average molecular weight is 345 g/mol. The van der Waals surface area contributed by atoms with Crippen LogP contribution in [0.4, 0.5) is 5.69 Å². The van der Waals surface area contributed by atoms with Gasteiger partial charge in [-0.25, -0.2) is 0 Å². The molecule has 3 rings (SSSR count). The van der Waals surface area contributed by atoms with Gasteiger partial charge in [-0.05, 0) is 37.1 Å². The first-order chi connectivity index (χ1) is 11.4. The van der Waals surface area contributed by atoms with Gasteiger partial charge in [0.25, 0.3) is 5.69 Å². The Hall–Kier alpha value is -2.40. The molecule has 1 aliphatic heterocycles. The molecule has 124 valence electrons. The van der Waals surface area contributed by atoms with Crippen molar-refractivity contribution in [1.29, 1.82) is 0 Å². The van der Waals surface area contributed by atoms with Gasteiger partial charge in [0.2, 0.25) is 5.91 Å². The van der Waals surface area contributed by atoms with Crippen LogP contribution in [0, 0.1) is 10.1 Å². The Morgan fingerprint density at radius 3 is 2.33 bits per heavy atom. The van der Waals surface area contributed by atoms with Crippen LogP contribution in [-0.2, 0) is 4.79 Å². The fourth-order valence-corrected chi connectivity index (χ4v) is 3.46. The Morgan fingerprint density at radius 1 is 1.12 bits per heavy atom. The number of non-ortho nitro benzene ring substituents is 1. The highest BCUT2D eigenvalue weighted by Gasteiger charge is 2.49. The minimum absolute atomic E-state index is 0.0415. The van der Waals surface area contributed by atoms with Gasteiger partial charge in [0.1, 0.15) is 0 Å². The maximum Gasteiger partial charge on any atom is 0.269 e. The molecule has 6 heteroatoms. The lowest BCUT2D eigenvalue weighted by molar-refractivity contribution is -0.384. The van der Waals surface area contributed by atoms with Crippen molar-refractivity contribution in [3.63, 3.8) is 0 Å². The largest absolute Gasteiger partial charge is 0.331 e. The van der Waals surface area contributed by atoms with E-state index in [-0.39, 0.29) is 29.6 Å². The van der Waals surface area contributed by atoms with Gasteiger partial charge in [0.05, 0.1) is 16.9 Å². The van der Waals surface area contributed by atoms with Crippen molar-refractivity contribution in [3.8, 4) is 0 Å². The highest BCUT2D eigenvalue weighted by molar-refractivity contribution is 6.30. The molecule has 0 saturated carbocycles. The number of likely N-dealkylation sites (tertiary alicyclic amines) is 1. The number of carbonyl (C=O) groups excluding carboxylic acids is 1. The Bertz CT molecular complexity index is 789. The molecule has 1 fully saturated rings. The van der Waals surface area contributed by atoms with Gasteiger partial charge in [-0.1, -0.05) is 35.9 Å². The lowest BCUT2D eigenvalue weighted by atomic mass is 9.77. The van der Waals surface area contributed by atoms with E-state index in [0.29, 0.717) is 5.02 Å². The van der Waals surface area contributed by atoms with E-state index in [2.05, 4.69) is 0 Å². The third kappa shape index (κ3) is 2.76. The molecular formula is C18H17ClN2O3. The van der Waals surface area contributed by atoms with Crippen LogP contribution < -0.4 is 0 Å². The quantitative estimate of drug-likeness (QED) is 0.471. The summed E-state index contributed by atoms with van der Waals surface area (Å²) in [5, 5.41) is 11.4. The van der Waals surface area contributed by atoms with Crippen LogP contribution in [0.1, 0.15) is 36.9 Å². The van der Waals surface area contributed by atoms with Crippen LogP contribution in [0.3, 0.4) is 0 Å². The number of nitro groups is 1. The summed E-state index contributed by atoms with van der Waals surface area (Å²) in [4.78, 5) is 24.9. The molecule has 1 saturated heterocycles.